The number of carbonyl (C=O) groups excluding carboxylic acids is 5. The van der Waals surface area contributed by atoms with Crippen molar-refractivity contribution in [1.29, 1.82) is 0 Å². The van der Waals surface area contributed by atoms with Gasteiger partial charge in [-0.1, -0.05) is 117 Å². The van der Waals surface area contributed by atoms with E-state index in [-0.39, 0.29) is 47.5 Å². The van der Waals surface area contributed by atoms with Crippen LogP contribution in [0.5, 0.6) is 0 Å². The molecule has 3 aromatic heterocycles. The number of fused-ring (bicyclic) bond motifs is 3. The van der Waals surface area contributed by atoms with Crippen LogP contribution in [0.3, 0.4) is 0 Å². The van der Waals surface area contributed by atoms with Crippen molar-refractivity contribution in [3.05, 3.63) is 145 Å². The fourth-order valence-corrected chi connectivity index (χ4v) is 14.4. The van der Waals surface area contributed by atoms with Crippen molar-refractivity contribution in [3.8, 4) is 5.69 Å². The fourth-order valence-electron chi connectivity index (χ4n) is 13.9. The third kappa shape index (κ3) is 16.1. The van der Waals surface area contributed by atoms with Crippen molar-refractivity contribution in [2.45, 2.75) is 187 Å². The van der Waals surface area contributed by atoms with Crippen LogP contribution in [0.25, 0.3) is 5.69 Å². The zero-order chi connectivity index (χ0) is 62.4. The number of hydrogen-bond acceptors (Lipinski definition) is 12. The van der Waals surface area contributed by atoms with Crippen LogP contribution in [0.2, 0.25) is 10.0 Å². The van der Waals surface area contributed by atoms with E-state index in [2.05, 4.69) is 45.0 Å². The van der Waals surface area contributed by atoms with E-state index in [4.69, 9.17) is 42.9 Å². The second-order valence-corrected chi connectivity index (χ2v) is 25.6. The molecule has 2 unspecified atom stereocenters. The smallest absolute Gasteiger partial charge is 0.309 e. The summed E-state index contributed by atoms with van der Waals surface area (Å²) in [6, 6.07) is 25.7. The summed E-state index contributed by atoms with van der Waals surface area (Å²) in [6.07, 6.45) is 23.4. The number of halogens is 2. The predicted octanol–water partition coefficient (Wildman–Crippen LogP) is 12.3. The molecule has 89 heavy (non-hydrogen) atoms. The summed E-state index contributed by atoms with van der Waals surface area (Å²) in [5, 5.41) is 22.3. The van der Waals surface area contributed by atoms with E-state index >= 15 is 0 Å². The molecule has 3 N–H and O–H groups in total. The molecule has 20 heteroatoms. The van der Waals surface area contributed by atoms with Crippen LogP contribution in [-0.4, -0.2) is 103 Å². The largest absolute Gasteiger partial charge is 0.466 e. The van der Waals surface area contributed by atoms with E-state index in [0.29, 0.717) is 71.7 Å². The van der Waals surface area contributed by atoms with Crippen LogP contribution in [0.15, 0.2) is 78.9 Å². The summed E-state index contributed by atoms with van der Waals surface area (Å²) in [4.78, 5) is 64.3. The van der Waals surface area contributed by atoms with Gasteiger partial charge in [0.05, 0.1) is 54.0 Å². The number of anilines is 1. The molecule has 0 bridgehead atoms. The molecule has 6 aromatic rings. The first kappa shape index (κ1) is 64.9. The van der Waals surface area contributed by atoms with Crippen LogP contribution >= 0.6 is 23.2 Å². The number of carbonyl (C=O) groups is 5. The number of hydrogen-bond donors (Lipinski definition) is 3. The lowest BCUT2D eigenvalue weighted by Crippen LogP contribution is -2.45. The second-order valence-electron chi connectivity index (χ2n) is 24.8. The van der Waals surface area contributed by atoms with E-state index in [1.54, 1.807) is 17.1 Å². The summed E-state index contributed by atoms with van der Waals surface area (Å²) >= 11 is 12.4. The second kappa shape index (κ2) is 31.1. The molecule has 1 aliphatic heterocycles. The lowest BCUT2D eigenvalue weighted by atomic mass is 9.84. The number of esters is 2. The number of amides is 3. The maximum Gasteiger partial charge on any atom is 0.309 e. The molecule has 2 saturated carbocycles. The highest BCUT2D eigenvalue weighted by Crippen LogP contribution is 2.37. The van der Waals surface area contributed by atoms with E-state index in [9.17, 15) is 24.0 Å². The highest BCUT2D eigenvalue weighted by molar-refractivity contribution is 6.35. The van der Waals surface area contributed by atoms with Crippen LogP contribution in [0.4, 0.5) is 5.69 Å². The number of benzene rings is 3. The van der Waals surface area contributed by atoms with Crippen molar-refractivity contribution >= 4 is 58.5 Å². The molecule has 1 saturated heterocycles. The van der Waals surface area contributed by atoms with Gasteiger partial charge in [0.25, 0.3) is 17.7 Å². The quantitative estimate of drug-likeness (QED) is 0.0613. The van der Waals surface area contributed by atoms with E-state index < -0.39 is 0 Å². The Bertz CT molecular complexity index is 3380. The maximum atomic E-state index is 13.3. The third-order valence-corrected chi connectivity index (χ3v) is 19.2. The van der Waals surface area contributed by atoms with Crippen molar-refractivity contribution < 1.29 is 33.4 Å². The van der Waals surface area contributed by atoms with Crippen molar-refractivity contribution in [2.24, 2.45) is 17.8 Å². The first-order valence-corrected chi connectivity index (χ1v) is 33.6. The van der Waals surface area contributed by atoms with Gasteiger partial charge in [0, 0.05) is 65.0 Å². The van der Waals surface area contributed by atoms with Gasteiger partial charge in [-0.25, -0.2) is 9.69 Å². The molecular weight excluding hydrogens is 1170 g/mol. The highest BCUT2D eigenvalue weighted by Gasteiger charge is 2.37. The van der Waals surface area contributed by atoms with Crippen molar-refractivity contribution in [1.82, 2.24) is 50.5 Å². The molecule has 0 radical (unpaired) electrons. The van der Waals surface area contributed by atoms with Gasteiger partial charge in [-0.3, -0.25) is 49.2 Å². The number of aromatic nitrogens is 6. The minimum Gasteiger partial charge on any atom is -0.466 e. The highest BCUT2D eigenvalue weighted by atomic mass is 35.5. The molecule has 12 rings (SSSR count). The molecule has 476 valence electrons. The number of rotatable bonds is 16. The summed E-state index contributed by atoms with van der Waals surface area (Å²) in [7, 11) is 1.82. The maximum absolute atomic E-state index is 13.3. The van der Waals surface area contributed by atoms with Crippen LogP contribution in [-0.2, 0) is 64.1 Å². The molecule has 3 amide bonds. The molecule has 4 heterocycles. The summed E-state index contributed by atoms with van der Waals surface area (Å²) in [6.45, 7) is 8.94. The lowest BCUT2D eigenvalue weighted by molar-refractivity contribution is -0.149. The first-order chi connectivity index (χ1) is 43.3. The van der Waals surface area contributed by atoms with Crippen LogP contribution in [0, 0.1) is 17.8 Å². The monoisotopic (exact) mass is 1250 g/mol. The van der Waals surface area contributed by atoms with Crippen LogP contribution in [0.1, 0.15) is 207 Å². The zero-order valence-corrected chi connectivity index (χ0v) is 53.9. The van der Waals surface area contributed by atoms with Crippen molar-refractivity contribution in [3.63, 3.8) is 0 Å². The molecule has 5 aliphatic carbocycles. The summed E-state index contributed by atoms with van der Waals surface area (Å²) in [5.41, 5.74) is 16.4. The number of hydrazine groups is 2. The summed E-state index contributed by atoms with van der Waals surface area (Å²) < 4.78 is 16.4. The lowest BCUT2D eigenvalue weighted by Gasteiger charge is -2.28. The number of nitrogens with one attached hydrogen (secondary N) is 3. The minimum atomic E-state index is -0.235. The van der Waals surface area contributed by atoms with E-state index in [0.717, 1.165) is 141 Å². The fraction of sp³-hybridized carbons (Fsp3) is 0.536. The van der Waals surface area contributed by atoms with Gasteiger partial charge in [-0.2, -0.15) is 15.3 Å². The molecule has 3 aromatic carbocycles. The number of nitrogens with zero attached hydrogens (tertiary/aromatic N) is 8. The topological polar surface area (TPSA) is 200 Å². The molecular formula is C69H89Cl2N11O7. The standard InChI is InChI=1S/C26H35N3O3.C24H32N4O3.C19H22Cl2N4O/c1-3-32-26(31)21-14-15-23-22(16-21)24(28-29(23)17-19-10-6-4-7-11-19)25(30)27-18(2)20-12-8-5-9-13-20;1-3-31-24(30)17-14-15-21-20(16-17)22(25-28(21)19-12-8-5-9-13-19)23(29)26-27(2)18-10-6-4-7-11-18;20-13-8-9-17(15(21)12-13)25-16-7-3-2-6-14(16)18(22-25)19(26)23-24-10-4-1-5-11-24/h4,6-7,10-11,18,20-21H,3,5,8-9,12-17H2,1-2H3,(H,27,30);4,6-7,10-11,17,19H,3,5,8-9,12-16H2,1-2H3,(H,26,29);8-9,12H,1-7,10-11H2,(H,23,26)/t18-,21?;;/m1../s1. The van der Waals surface area contributed by atoms with Gasteiger partial charge in [-0.05, 0) is 165 Å². The molecule has 18 nitrogen and oxygen atoms in total. The normalized spacial score (nSPS) is 18.9. The number of para-hydroxylation sites is 1. The molecule has 6 aliphatic rings. The molecule has 0 spiro atoms. The number of piperidine rings is 1. The molecule has 3 fully saturated rings. The van der Waals surface area contributed by atoms with Gasteiger partial charge in [0.15, 0.2) is 17.1 Å². The van der Waals surface area contributed by atoms with Gasteiger partial charge in [0.1, 0.15) is 0 Å². The van der Waals surface area contributed by atoms with Gasteiger partial charge in [-0.15, -0.1) is 0 Å². The summed E-state index contributed by atoms with van der Waals surface area (Å²) in [5.74, 6) is -0.704. The van der Waals surface area contributed by atoms with Gasteiger partial charge < -0.3 is 14.8 Å². The number of ether oxygens (including phenoxy) is 2. The SMILES string of the molecule is CCOC(=O)C1CCc2c(c(C(=O)NN(C)c3ccccc3)nn2C2CCCCC2)C1.CCOC(=O)C1CCc2c(c(C(=O)N[C@H](C)C3CCCCC3)nn2Cc2ccccc2)C1.O=C(NN1CCCCC1)c1nn(-c2ccc(Cl)cc2Cl)c2c1CCCC2. The predicted molar refractivity (Wildman–Crippen MR) is 345 cm³/mol. The van der Waals surface area contributed by atoms with E-state index in [1.807, 2.05) is 89.9 Å². The first-order valence-electron chi connectivity index (χ1n) is 32.9. The van der Waals surface area contributed by atoms with Crippen LogP contribution < -0.4 is 21.2 Å². The van der Waals surface area contributed by atoms with Gasteiger partial charge in [0.2, 0.25) is 0 Å². The Morgan fingerprint density at radius 2 is 1.19 bits per heavy atom. The van der Waals surface area contributed by atoms with Gasteiger partial charge >= 0.3 is 11.9 Å². The Morgan fingerprint density at radius 1 is 0.607 bits per heavy atom. The average Bonchev–Trinajstić information content (AvgIpc) is 2.15. The van der Waals surface area contributed by atoms with Crippen molar-refractivity contribution in [2.75, 3.05) is 38.4 Å². The minimum absolute atomic E-state index is 0.115. The Labute approximate surface area is 534 Å². The van der Waals surface area contributed by atoms with E-state index in [1.165, 1.54) is 57.8 Å². The Hall–Kier alpha value is -7.02. The zero-order valence-electron chi connectivity index (χ0n) is 52.4. The molecule has 3 atom stereocenters. The third-order valence-electron chi connectivity index (χ3n) is 18.7. The Kier molecular flexibility index (Phi) is 22.7. The Morgan fingerprint density at radius 3 is 1.84 bits per heavy atom. The Balaban J connectivity index is 0.000000148. The average molecular weight is 1260 g/mol.